The van der Waals surface area contributed by atoms with Crippen molar-refractivity contribution in [1.29, 1.82) is 0 Å². The maximum absolute atomic E-state index is 14.2. The minimum Gasteiger partial charge on any atom is -0.381 e. The van der Waals surface area contributed by atoms with Crippen molar-refractivity contribution in [2.24, 2.45) is 11.7 Å². The first kappa shape index (κ1) is 16.8. The van der Waals surface area contributed by atoms with Crippen LogP contribution in [0.4, 0.5) is 4.39 Å². The molecule has 1 atom stereocenters. The van der Waals surface area contributed by atoms with Crippen LogP contribution in [0.15, 0.2) is 21.5 Å². The van der Waals surface area contributed by atoms with Crippen molar-refractivity contribution in [2.45, 2.75) is 24.3 Å². The van der Waals surface area contributed by atoms with E-state index in [4.69, 9.17) is 10.5 Å². The Hall–Kier alpha value is -0.540. The Morgan fingerprint density at radius 1 is 1.48 bits per heavy atom. The van der Waals surface area contributed by atoms with E-state index >= 15 is 0 Å². The Bertz CT molecular complexity index is 604. The third-order valence-electron chi connectivity index (χ3n) is 3.41. The van der Waals surface area contributed by atoms with Gasteiger partial charge in [0.05, 0.1) is 6.61 Å². The number of hydrogen-bond donors (Lipinski definition) is 2. The van der Waals surface area contributed by atoms with Crippen molar-refractivity contribution in [3.63, 3.8) is 0 Å². The lowest BCUT2D eigenvalue weighted by Crippen LogP contribution is -2.33. The second-order valence-corrected chi connectivity index (χ2v) is 7.67. The van der Waals surface area contributed by atoms with Gasteiger partial charge in [-0.2, -0.15) is 0 Å². The summed E-state index contributed by atoms with van der Waals surface area (Å²) in [5.41, 5.74) is 5.59. The molecule has 1 aliphatic rings. The standard InChI is InChI=1S/C13H18BrFN2O3S/c14-11-4-10(6-16)13(15)12(5-11)21(18,19)17-7-9-2-1-3-20-8-9/h4-5,9,17H,1-3,6-8,16H2. The largest absolute Gasteiger partial charge is 0.381 e. The first-order valence-electron chi connectivity index (χ1n) is 6.69. The predicted octanol–water partition coefficient (Wildman–Crippen LogP) is 1.75. The Balaban J connectivity index is 2.17. The summed E-state index contributed by atoms with van der Waals surface area (Å²) in [6.45, 7) is 1.41. The molecule has 0 aliphatic carbocycles. The Morgan fingerprint density at radius 2 is 2.24 bits per heavy atom. The number of benzene rings is 1. The third kappa shape index (κ3) is 4.23. The molecular formula is C13H18BrFN2O3S. The average molecular weight is 381 g/mol. The Labute approximate surface area is 132 Å². The van der Waals surface area contributed by atoms with Gasteiger partial charge in [-0.15, -0.1) is 0 Å². The maximum atomic E-state index is 14.2. The van der Waals surface area contributed by atoms with Gasteiger partial charge in [0.15, 0.2) is 0 Å². The molecule has 2 rings (SSSR count). The molecule has 0 aromatic heterocycles. The highest BCUT2D eigenvalue weighted by atomic mass is 79.9. The molecule has 1 aromatic rings. The molecule has 0 amide bonds. The lowest BCUT2D eigenvalue weighted by molar-refractivity contribution is 0.0568. The molecule has 5 nitrogen and oxygen atoms in total. The monoisotopic (exact) mass is 380 g/mol. The zero-order chi connectivity index (χ0) is 15.5. The van der Waals surface area contributed by atoms with E-state index in [1.54, 1.807) is 0 Å². The minimum absolute atomic E-state index is 0.0652. The highest BCUT2D eigenvalue weighted by molar-refractivity contribution is 9.10. The van der Waals surface area contributed by atoms with Crippen molar-refractivity contribution in [2.75, 3.05) is 19.8 Å². The van der Waals surface area contributed by atoms with Gasteiger partial charge < -0.3 is 10.5 Å². The normalized spacial score (nSPS) is 19.7. The molecule has 0 radical (unpaired) electrons. The summed E-state index contributed by atoms with van der Waals surface area (Å²) in [6.07, 6.45) is 1.81. The highest BCUT2D eigenvalue weighted by Crippen LogP contribution is 2.24. The van der Waals surface area contributed by atoms with Crippen LogP contribution in [0.3, 0.4) is 0 Å². The van der Waals surface area contributed by atoms with Gasteiger partial charge in [-0.3, -0.25) is 0 Å². The molecule has 8 heteroatoms. The SMILES string of the molecule is NCc1cc(Br)cc(S(=O)(=O)NCC2CCCOC2)c1F. The maximum Gasteiger partial charge on any atom is 0.243 e. The fourth-order valence-electron chi connectivity index (χ4n) is 2.24. The second-order valence-electron chi connectivity index (χ2n) is 5.02. The highest BCUT2D eigenvalue weighted by Gasteiger charge is 2.24. The second kappa shape index (κ2) is 7.15. The summed E-state index contributed by atoms with van der Waals surface area (Å²) in [6, 6.07) is 2.72. The molecule has 118 valence electrons. The molecule has 1 saturated heterocycles. The number of halogens is 2. The average Bonchev–Trinajstić information content (AvgIpc) is 2.48. The van der Waals surface area contributed by atoms with Gasteiger partial charge in [0.1, 0.15) is 10.7 Å². The van der Waals surface area contributed by atoms with Crippen LogP contribution in [0.1, 0.15) is 18.4 Å². The summed E-state index contributed by atoms with van der Waals surface area (Å²) in [4.78, 5) is -0.381. The van der Waals surface area contributed by atoms with E-state index in [1.165, 1.54) is 12.1 Å². The molecule has 1 heterocycles. The summed E-state index contributed by atoms with van der Waals surface area (Å²) in [5, 5.41) is 0. The first-order valence-corrected chi connectivity index (χ1v) is 8.97. The van der Waals surface area contributed by atoms with Crippen molar-refractivity contribution >= 4 is 26.0 Å². The van der Waals surface area contributed by atoms with Crippen LogP contribution < -0.4 is 10.5 Å². The van der Waals surface area contributed by atoms with Gasteiger partial charge in [0.25, 0.3) is 0 Å². The van der Waals surface area contributed by atoms with E-state index in [-0.39, 0.29) is 29.5 Å². The molecule has 1 aliphatic heterocycles. The van der Waals surface area contributed by atoms with E-state index in [1.807, 2.05) is 0 Å². The summed E-state index contributed by atoms with van der Waals surface area (Å²) >= 11 is 3.17. The van der Waals surface area contributed by atoms with Crippen molar-refractivity contribution in [3.05, 3.63) is 28.0 Å². The number of nitrogens with two attached hydrogens (primary N) is 1. The van der Waals surface area contributed by atoms with Crippen LogP contribution in [-0.2, 0) is 21.3 Å². The van der Waals surface area contributed by atoms with Crippen molar-refractivity contribution < 1.29 is 17.5 Å². The van der Waals surface area contributed by atoms with Crippen LogP contribution in [0.5, 0.6) is 0 Å². The van der Waals surface area contributed by atoms with Gasteiger partial charge in [0.2, 0.25) is 10.0 Å². The van der Waals surface area contributed by atoms with Crippen LogP contribution in [-0.4, -0.2) is 28.2 Å². The molecule has 21 heavy (non-hydrogen) atoms. The van der Waals surface area contributed by atoms with Crippen molar-refractivity contribution in [3.8, 4) is 0 Å². The minimum atomic E-state index is -3.91. The number of hydrogen-bond acceptors (Lipinski definition) is 4. The van der Waals surface area contributed by atoms with E-state index in [2.05, 4.69) is 20.7 Å². The molecular weight excluding hydrogens is 363 g/mol. The van der Waals surface area contributed by atoms with Gasteiger partial charge in [-0.05, 0) is 30.9 Å². The third-order valence-corrected chi connectivity index (χ3v) is 5.29. The van der Waals surface area contributed by atoms with E-state index in [0.717, 1.165) is 12.8 Å². The number of rotatable bonds is 5. The van der Waals surface area contributed by atoms with E-state index < -0.39 is 15.8 Å². The topological polar surface area (TPSA) is 81.4 Å². The van der Waals surface area contributed by atoms with Crippen LogP contribution in [0, 0.1) is 11.7 Å². The van der Waals surface area contributed by atoms with Gasteiger partial charge in [0, 0.05) is 29.7 Å². The molecule has 0 spiro atoms. The van der Waals surface area contributed by atoms with E-state index in [0.29, 0.717) is 17.7 Å². The summed E-state index contributed by atoms with van der Waals surface area (Å²) in [7, 11) is -3.91. The lowest BCUT2D eigenvalue weighted by Gasteiger charge is -2.22. The number of ether oxygens (including phenoxy) is 1. The fourth-order valence-corrected chi connectivity index (χ4v) is 4.15. The van der Waals surface area contributed by atoms with Crippen LogP contribution in [0.2, 0.25) is 0 Å². The predicted molar refractivity (Wildman–Crippen MR) is 80.7 cm³/mol. The van der Waals surface area contributed by atoms with Gasteiger partial charge >= 0.3 is 0 Å². The molecule has 1 aromatic carbocycles. The first-order chi connectivity index (χ1) is 9.94. The smallest absolute Gasteiger partial charge is 0.243 e. The van der Waals surface area contributed by atoms with Crippen molar-refractivity contribution in [1.82, 2.24) is 4.72 Å². The zero-order valence-electron chi connectivity index (χ0n) is 11.4. The molecule has 3 N–H and O–H groups in total. The molecule has 1 fully saturated rings. The molecule has 0 saturated carbocycles. The van der Waals surface area contributed by atoms with Gasteiger partial charge in [-0.1, -0.05) is 15.9 Å². The lowest BCUT2D eigenvalue weighted by atomic mass is 10.0. The molecule has 0 bridgehead atoms. The summed E-state index contributed by atoms with van der Waals surface area (Å²) in [5.74, 6) is -0.675. The quantitative estimate of drug-likeness (QED) is 0.815. The number of sulfonamides is 1. The van der Waals surface area contributed by atoms with Crippen LogP contribution >= 0.6 is 15.9 Å². The number of nitrogens with one attached hydrogen (secondary N) is 1. The zero-order valence-corrected chi connectivity index (χ0v) is 13.8. The summed E-state index contributed by atoms with van der Waals surface area (Å²) < 4.78 is 46.9. The van der Waals surface area contributed by atoms with Gasteiger partial charge in [-0.25, -0.2) is 17.5 Å². The Morgan fingerprint density at radius 3 is 2.86 bits per heavy atom. The molecule has 1 unspecified atom stereocenters. The van der Waals surface area contributed by atoms with E-state index in [9.17, 15) is 12.8 Å². The Kier molecular flexibility index (Phi) is 5.73. The fraction of sp³-hybridized carbons (Fsp3) is 0.538. The van der Waals surface area contributed by atoms with Crippen LogP contribution in [0.25, 0.3) is 0 Å².